The summed E-state index contributed by atoms with van der Waals surface area (Å²) in [5.74, 6) is -2.29. The highest BCUT2D eigenvalue weighted by atomic mass is 31.2. The topological polar surface area (TPSA) is 237 Å². The Morgan fingerprint density at radius 2 is 0.550 bits per heavy atom. The molecule has 0 aliphatic heterocycles. The van der Waals surface area contributed by atoms with E-state index in [1.165, 1.54) is 89.9 Å². The van der Waals surface area contributed by atoms with Gasteiger partial charge in [0.05, 0.1) is 26.4 Å². The largest absolute Gasteiger partial charge is 0.472 e. The van der Waals surface area contributed by atoms with Gasteiger partial charge in [0.25, 0.3) is 0 Å². The van der Waals surface area contributed by atoms with Gasteiger partial charge in [0.1, 0.15) is 19.3 Å². The van der Waals surface area contributed by atoms with Gasteiger partial charge in [0.2, 0.25) is 0 Å². The van der Waals surface area contributed by atoms with Crippen molar-refractivity contribution in [3.63, 3.8) is 0 Å². The van der Waals surface area contributed by atoms with Crippen LogP contribution in [0.2, 0.25) is 0 Å². The van der Waals surface area contributed by atoms with Crippen LogP contribution < -0.4 is 0 Å². The molecule has 0 spiro atoms. The van der Waals surface area contributed by atoms with Gasteiger partial charge in [0.15, 0.2) is 12.2 Å². The normalized spacial score (nSPS) is 14.5. The summed E-state index contributed by atoms with van der Waals surface area (Å²) in [6, 6.07) is 0. The van der Waals surface area contributed by atoms with Crippen LogP contribution in [0.5, 0.6) is 0 Å². The SMILES string of the molecule is CC/C=C\C/C=C\C/C=C\C/C=C\C/C=C\C/C=C\CCC(=O)OCC(COP(=O)(O)OCC(O)COP(=O)(O)OCC(COC(=O)CCCCCCC/C=C\CCCCCCCC)OC(=O)CCCCCCC/C=C\CCCCCCCC)OC(=O)CCCCCCC/C=C\CCCC. The Balaban J connectivity index is 5.39. The van der Waals surface area contributed by atoms with Gasteiger partial charge in [-0.1, -0.05) is 272 Å². The van der Waals surface area contributed by atoms with Crippen LogP contribution in [-0.4, -0.2) is 96.7 Å². The highest BCUT2D eigenvalue weighted by molar-refractivity contribution is 7.47. The number of aliphatic hydroxyl groups excluding tert-OH is 1. The number of carbonyl (C=O) groups is 4. The van der Waals surface area contributed by atoms with Crippen molar-refractivity contribution in [3.05, 3.63) is 109 Å². The van der Waals surface area contributed by atoms with Gasteiger partial charge in [-0.25, -0.2) is 9.13 Å². The van der Waals surface area contributed by atoms with Crippen molar-refractivity contribution in [1.29, 1.82) is 0 Å². The van der Waals surface area contributed by atoms with Crippen molar-refractivity contribution in [2.24, 2.45) is 0 Å². The third-order valence-electron chi connectivity index (χ3n) is 16.2. The smallest absolute Gasteiger partial charge is 0.462 e. The van der Waals surface area contributed by atoms with Crippen molar-refractivity contribution in [3.8, 4) is 0 Å². The van der Waals surface area contributed by atoms with Gasteiger partial charge < -0.3 is 33.8 Å². The van der Waals surface area contributed by atoms with E-state index in [1.807, 2.05) is 18.2 Å². The molecular formula is C81H140O17P2. The fourth-order valence-corrected chi connectivity index (χ4v) is 11.8. The van der Waals surface area contributed by atoms with E-state index in [1.54, 1.807) is 0 Å². The summed E-state index contributed by atoms with van der Waals surface area (Å²) in [5, 5.41) is 10.6. The first-order valence-electron chi connectivity index (χ1n) is 39.1. The summed E-state index contributed by atoms with van der Waals surface area (Å²) in [4.78, 5) is 72.8. The lowest BCUT2D eigenvalue weighted by atomic mass is 10.1. The Morgan fingerprint density at radius 1 is 0.290 bits per heavy atom. The Morgan fingerprint density at radius 3 is 0.890 bits per heavy atom. The van der Waals surface area contributed by atoms with Crippen molar-refractivity contribution in [2.45, 2.75) is 341 Å². The summed E-state index contributed by atoms with van der Waals surface area (Å²) < 4.78 is 68.4. The lowest BCUT2D eigenvalue weighted by molar-refractivity contribution is -0.161. The third kappa shape index (κ3) is 72.1. The molecule has 0 fully saturated rings. The number of esters is 4. The maximum absolute atomic E-state index is 13.1. The molecule has 0 aliphatic rings. The maximum Gasteiger partial charge on any atom is 0.472 e. The number of ether oxygens (including phenoxy) is 4. The lowest BCUT2D eigenvalue weighted by Crippen LogP contribution is -2.30. The monoisotopic (exact) mass is 1450 g/mol. The van der Waals surface area contributed by atoms with Crippen LogP contribution in [0.15, 0.2) is 109 Å². The van der Waals surface area contributed by atoms with Gasteiger partial charge in [0, 0.05) is 25.7 Å². The molecule has 5 atom stereocenters. The quantitative estimate of drug-likeness (QED) is 0.0169. The number of hydrogen-bond acceptors (Lipinski definition) is 15. The molecule has 0 aromatic rings. The van der Waals surface area contributed by atoms with Gasteiger partial charge in [-0.3, -0.25) is 37.3 Å². The number of phosphoric ester groups is 2. The first-order chi connectivity index (χ1) is 48.7. The van der Waals surface area contributed by atoms with Crippen LogP contribution in [0.1, 0.15) is 323 Å². The van der Waals surface area contributed by atoms with Gasteiger partial charge in [-0.2, -0.15) is 0 Å². The fraction of sp³-hybridized carbons (Fsp3) is 0.728. The molecule has 5 unspecified atom stereocenters. The predicted molar refractivity (Wildman–Crippen MR) is 408 cm³/mol. The first-order valence-corrected chi connectivity index (χ1v) is 42.1. The predicted octanol–water partition coefficient (Wildman–Crippen LogP) is 22.6. The molecule has 0 heterocycles. The molecule has 0 amide bonds. The molecule has 0 aromatic carbocycles. The fourth-order valence-electron chi connectivity index (χ4n) is 10.2. The van der Waals surface area contributed by atoms with Crippen LogP contribution >= 0.6 is 15.6 Å². The number of hydrogen-bond donors (Lipinski definition) is 3. The molecule has 0 radical (unpaired) electrons. The highest BCUT2D eigenvalue weighted by Crippen LogP contribution is 2.45. The van der Waals surface area contributed by atoms with Crippen LogP contribution in [0, 0.1) is 0 Å². The second kappa shape index (κ2) is 73.0. The number of rotatable bonds is 73. The minimum atomic E-state index is -4.99. The zero-order chi connectivity index (χ0) is 73.2. The van der Waals surface area contributed by atoms with E-state index < -0.39 is 97.5 Å². The Bertz CT molecular complexity index is 2320. The van der Waals surface area contributed by atoms with Crippen LogP contribution in [0.25, 0.3) is 0 Å². The van der Waals surface area contributed by atoms with Crippen LogP contribution in [-0.2, 0) is 65.4 Å². The van der Waals surface area contributed by atoms with Crippen molar-refractivity contribution >= 4 is 39.5 Å². The average molecular weight is 1450 g/mol. The summed E-state index contributed by atoms with van der Waals surface area (Å²) in [6.07, 6.45) is 78.1. The number of phosphoric acid groups is 2. The van der Waals surface area contributed by atoms with Crippen molar-refractivity contribution < 1.29 is 80.2 Å². The molecule has 0 aromatic heterocycles. The van der Waals surface area contributed by atoms with Crippen molar-refractivity contribution in [1.82, 2.24) is 0 Å². The van der Waals surface area contributed by atoms with E-state index in [4.69, 9.17) is 37.0 Å². The second-order valence-electron chi connectivity index (χ2n) is 25.9. The molecule has 19 heteroatoms. The molecule has 576 valence electrons. The number of unbranched alkanes of at least 4 members (excludes halogenated alkanes) is 29. The Labute approximate surface area is 607 Å². The Kier molecular flexibility index (Phi) is 69.9. The van der Waals surface area contributed by atoms with E-state index >= 15 is 0 Å². The van der Waals surface area contributed by atoms with E-state index in [9.17, 15) is 43.2 Å². The highest BCUT2D eigenvalue weighted by Gasteiger charge is 2.30. The van der Waals surface area contributed by atoms with Crippen molar-refractivity contribution in [2.75, 3.05) is 39.6 Å². The first kappa shape index (κ1) is 95.7. The Hall–Kier alpha value is -4.28. The average Bonchev–Trinajstić information content (AvgIpc) is 0.953. The molecule has 0 saturated heterocycles. The molecule has 0 bridgehead atoms. The maximum atomic E-state index is 13.1. The summed E-state index contributed by atoms with van der Waals surface area (Å²) >= 11 is 0. The number of allylic oxidation sites excluding steroid dienone is 18. The second-order valence-corrected chi connectivity index (χ2v) is 28.8. The van der Waals surface area contributed by atoms with Gasteiger partial charge in [-0.05, 0) is 135 Å². The van der Waals surface area contributed by atoms with Gasteiger partial charge in [-0.15, -0.1) is 0 Å². The number of aliphatic hydroxyl groups is 1. The molecule has 100 heavy (non-hydrogen) atoms. The molecule has 0 aliphatic carbocycles. The van der Waals surface area contributed by atoms with Crippen LogP contribution in [0.4, 0.5) is 0 Å². The van der Waals surface area contributed by atoms with E-state index in [0.29, 0.717) is 32.1 Å². The minimum Gasteiger partial charge on any atom is -0.462 e. The van der Waals surface area contributed by atoms with E-state index in [-0.39, 0.29) is 25.7 Å². The summed E-state index contributed by atoms with van der Waals surface area (Å²) in [7, 11) is -9.97. The summed E-state index contributed by atoms with van der Waals surface area (Å²) in [5.41, 5.74) is 0. The van der Waals surface area contributed by atoms with Gasteiger partial charge >= 0.3 is 39.5 Å². The molecule has 0 rings (SSSR count). The summed E-state index contributed by atoms with van der Waals surface area (Å²) in [6.45, 7) is 4.61. The molecule has 0 saturated carbocycles. The third-order valence-corrected chi connectivity index (χ3v) is 18.1. The number of carbonyl (C=O) groups excluding carboxylic acids is 4. The standard InChI is InChI=1S/C81H140O17P2/c1-5-9-13-17-21-25-29-32-35-36-37-38-41-43-47-50-54-58-62-66-79(84)91-71-76(97-80(85)67-63-59-55-51-45-28-24-20-16-12-8-4)73-95-99(87,88)93-69-75(82)70-94-100(89,90)96-74-77(98-81(86)68-64-60-56-52-48-44-40-34-31-27-23-19-15-11-7-3)72-92-78(83)65-61-57-53-49-46-42-39-33-30-26-22-18-14-10-6-2/h9,13,20-21,24-25,32-35,37-40,43,47,54,58,75-77,82H,5-8,10-12,14-19,22-23,26-31,36,41-42,44-46,48-53,55-57,59-74H2,1-4H3,(H,87,88)(H,89,90)/b13-9-,24-20-,25-21-,35-32-,38-37-,39-33-,40-34-,47-43-,58-54-. The van der Waals surface area contributed by atoms with E-state index in [0.717, 1.165) is 148 Å². The van der Waals surface area contributed by atoms with Crippen LogP contribution in [0.3, 0.4) is 0 Å². The molecule has 17 nitrogen and oxygen atoms in total. The zero-order valence-corrected chi connectivity index (χ0v) is 64.6. The minimum absolute atomic E-state index is 0.0335. The molecule has 3 N–H and O–H groups in total. The molecular weight excluding hydrogens is 1310 g/mol. The zero-order valence-electron chi connectivity index (χ0n) is 62.8. The van der Waals surface area contributed by atoms with E-state index in [2.05, 4.69) is 119 Å². The lowest BCUT2D eigenvalue weighted by Gasteiger charge is -2.21.